The van der Waals surface area contributed by atoms with Gasteiger partial charge in [0.05, 0.1) is 13.0 Å². The first-order valence-electron chi connectivity index (χ1n) is 8.54. The predicted octanol–water partition coefficient (Wildman–Crippen LogP) is 3.40. The van der Waals surface area contributed by atoms with Gasteiger partial charge in [-0.05, 0) is 30.4 Å². The van der Waals surface area contributed by atoms with Gasteiger partial charge in [-0.2, -0.15) is 0 Å². The van der Waals surface area contributed by atoms with Crippen molar-refractivity contribution in [1.29, 1.82) is 0 Å². The monoisotopic (exact) mass is 360 g/mol. The maximum Gasteiger partial charge on any atom is 0.223 e. The van der Waals surface area contributed by atoms with Gasteiger partial charge in [-0.3, -0.25) is 4.79 Å². The summed E-state index contributed by atoms with van der Waals surface area (Å²) in [5, 5.41) is 3.02. The molecule has 4 nitrogen and oxygen atoms in total. The summed E-state index contributed by atoms with van der Waals surface area (Å²) in [7, 11) is 0. The van der Waals surface area contributed by atoms with Crippen LogP contribution < -0.4 is 15.8 Å². The number of benzene rings is 2. The van der Waals surface area contributed by atoms with E-state index in [0.29, 0.717) is 25.5 Å². The first kappa shape index (κ1) is 19.3. The SMILES string of the molecule is Cl.NCC(NC(=O)CCOc1ccccc1-c1ccccc1)C1CC1. The lowest BCUT2D eigenvalue weighted by atomic mass is 10.1. The molecule has 0 aromatic heterocycles. The van der Waals surface area contributed by atoms with Gasteiger partial charge < -0.3 is 15.8 Å². The summed E-state index contributed by atoms with van der Waals surface area (Å²) < 4.78 is 5.86. The molecule has 0 saturated heterocycles. The Morgan fingerprint density at radius 2 is 1.80 bits per heavy atom. The molecule has 1 atom stereocenters. The van der Waals surface area contributed by atoms with Crippen molar-refractivity contribution in [3.8, 4) is 16.9 Å². The van der Waals surface area contributed by atoms with Gasteiger partial charge in [0, 0.05) is 18.2 Å². The van der Waals surface area contributed by atoms with Crippen LogP contribution in [0.2, 0.25) is 0 Å². The average Bonchev–Trinajstić information content (AvgIpc) is 3.46. The minimum absolute atomic E-state index is 0. The minimum atomic E-state index is 0. The number of amides is 1. The maximum absolute atomic E-state index is 12.0. The van der Waals surface area contributed by atoms with Crippen LogP contribution in [0.3, 0.4) is 0 Å². The molecule has 2 aromatic carbocycles. The number of ether oxygens (including phenoxy) is 1. The Kier molecular flexibility index (Phi) is 7.29. The Bertz CT molecular complexity index is 674. The fraction of sp³-hybridized carbons (Fsp3) is 0.350. The summed E-state index contributed by atoms with van der Waals surface area (Å²) in [4.78, 5) is 12.0. The quantitative estimate of drug-likeness (QED) is 0.758. The van der Waals surface area contributed by atoms with Crippen LogP contribution in [0.1, 0.15) is 19.3 Å². The standard InChI is InChI=1S/C20H24N2O2.ClH/c21-14-18(16-10-11-16)22-20(23)12-13-24-19-9-5-4-8-17(19)15-6-2-1-3-7-15;/h1-9,16,18H,10-14,21H2,(H,22,23);1H. The van der Waals surface area contributed by atoms with Crippen molar-refractivity contribution in [1.82, 2.24) is 5.32 Å². The van der Waals surface area contributed by atoms with E-state index in [4.69, 9.17) is 10.5 Å². The summed E-state index contributed by atoms with van der Waals surface area (Å²) in [6.45, 7) is 0.867. The van der Waals surface area contributed by atoms with E-state index in [1.807, 2.05) is 42.5 Å². The van der Waals surface area contributed by atoms with Crippen molar-refractivity contribution in [2.45, 2.75) is 25.3 Å². The highest BCUT2D eigenvalue weighted by atomic mass is 35.5. The minimum Gasteiger partial charge on any atom is -0.492 e. The van der Waals surface area contributed by atoms with Gasteiger partial charge in [0.25, 0.3) is 0 Å². The highest BCUT2D eigenvalue weighted by Gasteiger charge is 2.31. The number of rotatable bonds is 8. The molecule has 0 heterocycles. The van der Waals surface area contributed by atoms with Crippen LogP contribution in [0, 0.1) is 5.92 Å². The summed E-state index contributed by atoms with van der Waals surface area (Å²) in [6.07, 6.45) is 2.68. The number of nitrogens with one attached hydrogen (secondary N) is 1. The molecule has 0 radical (unpaired) electrons. The fourth-order valence-corrected chi connectivity index (χ4v) is 2.85. The van der Waals surface area contributed by atoms with Crippen molar-refractivity contribution >= 4 is 18.3 Å². The van der Waals surface area contributed by atoms with Crippen LogP contribution in [0.15, 0.2) is 54.6 Å². The topological polar surface area (TPSA) is 64.3 Å². The Labute approximate surface area is 155 Å². The number of hydrogen-bond acceptors (Lipinski definition) is 3. The van der Waals surface area contributed by atoms with E-state index in [0.717, 1.165) is 16.9 Å². The Morgan fingerprint density at radius 1 is 1.12 bits per heavy atom. The van der Waals surface area contributed by atoms with Gasteiger partial charge in [-0.15, -0.1) is 12.4 Å². The number of hydrogen-bond donors (Lipinski definition) is 2. The van der Waals surface area contributed by atoms with Crippen LogP contribution in [0.25, 0.3) is 11.1 Å². The summed E-state index contributed by atoms with van der Waals surface area (Å²) in [5.41, 5.74) is 7.86. The number of carbonyl (C=O) groups is 1. The number of halogens is 1. The van der Waals surface area contributed by atoms with Crippen LogP contribution >= 0.6 is 12.4 Å². The van der Waals surface area contributed by atoms with E-state index in [-0.39, 0.29) is 24.4 Å². The zero-order chi connectivity index (χ0) is 16.8. The molecular weight excluding hydrogens is 336 g/mol. The molecule has 0 spiro atoms. The zero-order valence-electron chi connectivity index (χ0n) is 14.2. The Hall–Kier alpha value is -2.04. The second kappa shape index (κ2) is 9.44. The Balaban J connectivity index is 0.00000225. The first-order chi connectivity index (χ1) is 11.8. The lowest BCUT2D eigenvalue weighted by Gasteiger charge is -2.16. The highest BCUT2D eigenvalue weighted by Crippen LogP contribution is 2.32. The zero-order valence-corrected chi connectivity index (χ0v) is 15.0. The molecule has 5 heteroatoms. The molecule has 1 aliphatic rings. The normalized spacial score (nSPS) is 14.3. The fourth-order valence-electron chi connectivity index (χ4n) is 2.85. The lowest BCUT2D eigenvalue weighted by Crippen LogP contribution is -2.42. The molecule has 2 aromatic rings. The Morgan fingerprint density at radius 3 is 2.48 bits per heavy atom. The van der Waals surface area contributed by atoms with Gasteiger partial charge in [-0.25, -0.2) is 0 Å². The molecule has 1 fully saturated rings. The third-order valence-electron chi connectivity index (χ3n) is 4.35. The van der Waals surface area contributed by atoms with E-state index in [1.165, 1.54) is 12.8 Å². The molecule has 1 unspecified atom stereocenters. The number of para-hydroxylation sites is 1. The average molecular weight is 361 g/mol. The molecule has 134 valence electrons. The van der Waals surface area contributed by atoms with Gasteiger partial charge in [0.15, 0.2) is 0 Å². The van der Waals surface area contributed by atoms with Crippen molar-refractivity contribution in [2.24, 2.45) is 11.7 Å². The van der Waals surface area contributed by atoms with E-state index >= 15 is 0 Å². The van der Waals surface area contributed by atoms with Gasteiger partial charge in [0.1, 0.15) is 5.75 Å². The molecule has 1 saturated carbocycles. The third-order valence-corrected chi connectivity index (χ3v) is 4.35. The van der Waals surface area contributed by atoms with Crippen molar-refractivity contribution < 1.29 is 9.53 Å². The molecule has 3 N–H and O–H groups in total. The van der Waals surface area contributed by atoms with E-state index in [1.54, 1.807) is 0 Å². The van der Waals surface area contributed by atoms with Crippen LogP contribution in [0.5, 0.6) is 5.75 Å². The van der Waals surface area contributed by atoms with Crippen LogP contribution in [0.4, 0.5) is 0 Å². The van der Waals surface area contributed by atoms with Gasteiger partial charge >= 0.3 is 0 Å². The van der Waals surface area contributed by atoms with Crippen LogP contribution in [-0.4, -0.2) is 25.1 Å². The third kappa shape index (κ3) is 5.48. The van der Waals surface area contributed by atoms with E-state index in [2.05, 4.69) is 17.4 Å². The van der Waals surface area contributed by atoms with Gasteiger partial charge in [0.2, 0.25) is 5.91 Å². The second-order valence-electron chi connectivity index (χ2n) is 6.21. The molecule has 0 bridgehead atoms. The largest absolute Gasteiger partial charge is 0.492 e. The molecule has 1 amide bonds. The van der Waals surface area contributed by atoms with Crippen molar-refractivity contribution in [2.75, 3.05) is 13.2 Å². The van der Waals surface area contributed by atoms with Gasteiger partial charge in [-0.1, -0.05) is 48.5 Å². The summed E-state index contributed by atoms with van der Waals surface area (Å²) in [5.74, 6) is 1.38. The van der Waals surface area contributed by atoms with Crippen molar-refractivity contribution in [3.05, 3.63) is 54.6 Å². The van der Waals surface area contributed by atoms with E-state index < -0.39 is 0 Å². The molecule has 1 aliphatic carbocycles. The number of nitrogens with two attached hydrogens (primary N) is 1. The predicted molar refractivity (Wildman–Crippen MR) is 103 cm³/mol. The smallest absolute Gasteiger partial charge is 0.223 e. The molecule has 0 aliphatic heterocycles. The molecule has 3 rings (SSSR count). The lowest BCUT2D eigenvalue weighted by molar-refractivity contribution is -0.122. The summed E-state index contributed by atoms with van der Waals surface area (Å²) >= 11 is 0. The van der Waals surface area contributed by atoms with Crippen LogP contribution in [-0.2, 0) is 4.79 Å². The molecular formula is C20H25ClN2O2. The first-order valence-corrected chi connectivity index (χ1v) is 8.54. The maximum atomic E-state index is 12.0. The highest BCUT2D eigenvalue weighted by molar-refractivity contribution is 5.85. The molecule has 25 heavy (non-hydrogen) atoms. The second-order valence-corrected chi connectivity index (χ2v) is 6.21. The summed E-state index contributed by atoms with van der Waals surface area (Å²) in [6, 6.07) is 18.1. The number of carbonyl (C=O) groups excluding carboxylic acids is 1. The van der Waals surface area contributed by atoms with E-state index in [9.17, 15) is 4.79 Å². The van der Waals surface area contributed by atoms with Crippen molar-refractivity contribution in [3.63, 3.8) is 0 Å².